The molecule has 4 nitrogen and oxygen atoms in total. The fourth-order valence-electron chi connectivity index (χ4n) is 1.59. The summed E-state index contributed by atoms with van der Waals surface area (Å²) in [5.74, 6) is 0.757. The number of rotatable bonds is 7. The molecule has 1 aromatic carbocycles. The molecule has 1 aromatic rings. The first-order valence-corrected chi connectivity index (χ1v) is 8.19. The first-order chi connectivity index (χ1) is 8.88. The summed E-state index contributed by atoms with van der Waals surface area (Å²) >= 11 is 0. The molecule has 2 N–H and O–H groups in total. The highest BCUT2D eigenvalue weighted by Crippen LogP contribution is 2.20. The lowest BCUT2D eigenvalue weighted by atomic mass is 9.99. The molecule has 0 fully saturated rings. The predicted octanol–water partition coefficient (Wildman–Crippen LogP) is 2.69. The topological polar surface area (TPSA) is 58.2 Å². The highest BCUT2D eigenvalue weighted by molar-refractivity contribution is 7.89. The van der Waals surface area contributed by atoms with Gasteiger partial charge in [-0.25, -0.2) is 13.1 Å². The van der Waals surface area contributed by atoms with E-state index in [2.05, 4.69) is 23.9 Å². The van der Waals surface area contributed by atoms with Crippen molar-refractivity contribution in [3.05, 3.63) is 24.3 Å². The minimum atomic E-state index is -3.45. The van der Waals surface area contributed by atoms with Crippen LogP contribution in [0, 0.1) is 11.8 Å². The maximum absolute atomic E-state index is 12.3. The molecule has 0 spiro atoms. The zero-order chi connectivity index (χ0) is 14.5. The van der Waals surface area contributed by atoms with Crippen LogP contribution in [-0.4, -0.2) is 21.5 Å². The predicted molar refractivity (Wildman–Crippen MR) is 79.8 cm³/mol. The zero-order valence-electron chi connectivity index (χ0n) is 12.1. The zero-order valence-corrected chi connectivity index (χ0v) is 12.9. The van der Waals surface area contributed by atoms with Gasteiger partial charge in [-0.3, -0.25) is 0 Å². The summed E-state index contributed by atoms with van der Waals surface area (Å²) in [4.78, 5) is 0.313. The fourth-order valence-corrected chi connectivity index (χ4v) is 2.92. The van der Waals surface area contributed by atoms with Crippen LogP contribution in [0.2, 0.25) is 0 Å². The molecule has 0 aliphatic heterocycles. The molecule has 19 heavy (non-hydrogen) atoms. The van der Waals surface area contributed by atoms with Crippen LogP contribution < -0.4 is 10.0 Å². The molecule has 5 heteroatoms. The Labute approximate surface area is 116 Å². The summed E-state index contributed by atoms with van der Waals surface area (Å²) in [7, 11) is -3.45. The SMILES string of the molecule is CCNc1ccccc1S(=O)(=O)NCC(C)C(C)C. The monoisotopic (exact) mass is 284 g/mol. The smallest absolute Gasteiger partial charge is 0.242 e. The van der Waals surface area contributed by atoms with Crippen LogP contribution in [0.3, 0.4) is 0 Å². The molecule has 0 aliphatic rings. The lowest BCUT2D eigenvalue weighted by molar-refractivity contribution is 0.414. The molecule has 108 valence electrons. The van der Waals surface area contributed by atoms with Crippen LogP contribution in [0.15, 0.2) is 29.2 Å². The number of hydrogen-bond donors (Lipinski definition) is 2. The minimum Gasteiger partial charge on any atom is -0.384 e. The quantitative estimate of drug-likeness (QED) is 0.809. The van der Waals surface area contributed by atoms with E-state index in [-0.39, 0.29) is 0 Å². The van der Waals surface area contributed by atoms with Gasteiger partial charge in [0.2, 0.25) is 10.0 Å². The van der Waals surface area contributed by atoms with Crippen LogP contribution in [0.5, 0.6) is 0 Å². The van der Waals surface area contributed by atoms with Crippen LogP contribution >= 0.6 is 0 Å². The standard InChI is InChI=1S/C14H24N2O2S/c1-5-15-13-8-6-7-9-14(13)19(17,18)16-10-12(4)11(2)3/h6-9,11-12,15-16H,5,10H2,1-4H3. The normalized spacial score (nSPS) is 13.5. The summed E-state index contributed by atoms with van der Waals surface area (Å²) in [5.41, 5.74) is 0.648. The van der Waals surface area contributed by atoms with E-state index < -0.39 is 10.0 Å². The van der Waals surface area contributed by atoms with Gasteiger partial charge in [-0.1, -0.05) is 32.9 Å². The molecule has 1 atom stereocenters. The van der Waals surface area contributed by atoms with Crippen molar-refractivity contribution in [2.24, 2.45) is 11.8 Å². The third-order valence-corrected chi connectivity index (χ3v) is 4.76. The molecule has 0 radical (unpaired) electrons. The van der Waals surface area contributed by atoms with Crippen molar-refractivity contribution in [3.63, 3.8) is 0 Å². The minimum absolute atomic E-state index is 0.307. The molecule has 0 aromatic heterocycles. The first-order valence-electron chi connectivity index (χ1n) is 6.71. The van der Waals surface area contributed by atoms with Crippen LogP contribution in [-0.2, 0) is 10.0 Å². The lowest BCUT2D eigenvalue weighted by Gasteiger charge is -2.17. The van der Waals surface area contributed by atoms with E-state index in [4.69, 9.17) is 0 Å². The average Bonchev–Trinajstić information content (AvgIpc) is 2.37. The molecule has 0 saturated carbocycles. The van der Waals surface area contributed by atoms with Crippen molar-refractivity contribution in [1.82, 2.24) is 4.72 Å². The summed E-state index contributed by atoms with van der Waals surface area (Å²) in [6.07, 6.45) is 0. The van der Waals surface area contributed by atoms with Crippen molar-refractivity contribution in [2.75, 3.05) is 18.4 Å². The summed E-state index contributed by atoms with van der Waals surface area (Å²) in [6, 6.07) is 6.97. The van der Waals surface area contributed by atoms with Crippen LogP contribution in [0.4, 0.5) is 5.69 Å². The van der Waals surface area contributed by atoms with E-state index in [0.29, 0.717) is 35.5 Å². The van der Waals surface area contributed by atoms with E-state index in [1.807, 2.05) is 19.9 Å². The van der Waals surface area contributed by atoms with Crippen molar-refractivity contribution >= 4 is 15.7 Å². The van der Waals surface area contributed by atoms with Gasteiger partial charge in [-0.15, -0.1) is 0 Å². The number of nitrogens with one attached hydrogen (secondary N) is 2. The van der Waals surface area contributed by atoms with E-state index in [9.17, 15) is 8.42 Å². The summed E-state index contributed by atoms with van der Waals surface area (Å²) in [6.45, 7) is 9.31. The highest BCUT2D eigenvalue weighted by Gasteiger charge is 2.19. The Morgan fingerprint density at radius 1 is 1.16 bits per heavy atom. The molecular weight excluding hydrogens is 260 g/mol. The van der Waals surface area contributed by atoms with E-state index >= 15 is 0 Å². The Balaban J connectivity index is 2.88. The van der Waals surface area contributed by atoms with E-state index in [0.717, 1.165) is 0 Å². The van der Waals surface area contributed by atoms with Crippen molar-refractivity contribution in [2.45, 2.75) is 32.6 Å². The Kier molecular flexibility index (Phi) is 5.82. The Hall–Kier alpha value is -1.07. The molecule has 1 unspecified atom stereocenters. The summed E-state index contributed by atoms with van der Waals surface area (Å²) in [5, 5.41) is 3.07. The van der Waals surface area contributed by atoms with Crippen molar-refractivity contribution < 1.29 is 8.42 Å². The largest absolute Gasteiger partial charge is 0.384 e. The van der Waals surface area contributed by atoms with Gasteiger partial charge in [0, 0.05) is 13.1 Å². The molecular formula is C14H24N2O2S. The van der Waals surface area contributed by atoms with Gasteiger partial charge in [-0.2, -0.15) is 0 Å². The Morgan fingerprint density at radius 2 is 1.79 bits per heavy atom. The van der Waals surface area contributed by atoms with E-state index in [1.54, 1.807) is 18.2 Å². The lowest BCUT2D eigenvalue weighted by Crippen LogP contribution is -2.30. The number of benzene rings is 1. The highest BCUT2D eigenvalue weighted by atomic mass is 32.2. The number of anilines is 1. The van der Waals surface area contributed by atoms with Crippen molar-refractivity contribution in [3.8, 4) is 0 Å². The van der Waals surface area contributed by atoms with Gasteiger partial charge < -0.3 is 5.32 Å². The Bertz CT molecular complexity index is 498. The second-order valence-electron chi connectivity index (χ2n) is 5.10. The number of hydrogen-bond acceptors (Lipinski definition) is 3. The second kappa shape index (κ2) is 6.91. The van der Waals surface area contributed by atoms with Crippen LogP contribution in [0.1, 0.15) is 27.7 Å². The average molecular weight is 284 g/mol. The summed E-state index contributed by atoms with van der Waals surface area (Å²) < 4.78 is 27.3. The fraction of sp³-hybridized carbons (Fsp3) is 0.571. The third-order valence-electron chi connectivity index (χ3n) is 3.28. The molecule has 0 heterocycles. The molecule has 0 aliphatic carbocycles. The Morgan fingerprint density at radius 3 is 2.37 bits per heavy atom. The third kappa shape index (κ3) is 4.51. The molecule has 0 saturated heterocycles. The first kappa shape index (κ1) is 16.0. The molecule has 1 rings (SSSR count). The van der Waals surface area contributed by atoms with Gasteiger partial charge >= 0.3 is 0 Å². The van der Waals surface area contributed by atoms with Crippen molar-refractivity contribution in [1.29, 1.82) is 0 Å². The number of sulfonamides is 1. The van der Waals surface area contributed by atoms with Gasteiger partial charge in [0.1, 0.15) is 4.90 Å². The van der Waals surface area contributed by atoms with Gasteiger partial charge in [0.25, 0.3) is 0 Å². The number of para-hydroxylation sites is 1. The molecule has 0 bridgehead atoms. The van der Waals surface area contributed by atoms with E-state index in [1.165, 1.54) is 0 Å². The maximum atomic E-state index is 12.3. The molecule has 0 amide bonds. The van der Waals surface area contributed by atoms with Crippen LogP contribution in [0.25, 0.3) is 0 Å². The maximum Gasteiger partial charge on any atom is 0.242 e. The second-order valence-corrected chi connectivity index (χ2v) is 6.84. The van der Waals surface area contributed by atoms with Gasteiger partial charge in [0.05, 0.1) is 5.69 Å². The van der Waals surface area contributed by atoms with Gasteiger partial charge in [-0.05, 0) is 30.9 Å². The van der Waals surface area contributed by atoms with Gasteiger partial charge in [0.15, 0.2) is 0 Å².